The molecular formula is C8H19N3O2S. The fourth-order valence-electron chi connectivity index (χ4n) is 0.894. The molecule has 5 nitrogen and oxygen atoms in total. The Morgan fingerprint density at radius 2 is 2.14 bits per heavy atom. The van der Waals surface area contributed by atoms with Crippen LogP contribution in [0.4, 0.5) is 0 Å². The number of rotatable bonds is 7. The minimum atomic E-state index is -3.06. The van der Waals surface area contributed by atoms with Gasteiger partial charge in [-0.1, -0.05) is 6.92 Å². The van der Waals surface area contributed by atoms with E-state index in [0.29, 0.717) is 25.3 Å². The predicted octanol–water partition coefficient (Wildman–Crippen LogP) is 0.0830. The summed E-state index contributed by atoms with van der Waals surface area (Å²) in [5.74, 6) is 0.645. The number of sulfonamides is 1. The van der Waals surface area contributed by atoms with Crippen LogP contribution in [-0.4, -0.2) is 33.6 Å². The Balaban J connectivity index is 3.51. The molecule has 0 unspecified atom stereocenters. The molecule has 0 heterocycles. The van der Waals surface area contributed by atoms with E-state index in [1.165, 1.54) is 0 Å². The third-order valence-electron chi connectivity index (χ3n) is 1.52. The Bertz CT molecular complexity index is 272. The van der Waals surface area contributed by atoms with Crippen LogP contribution >= 0.6 is 0 Å². The number of nitrogens with two attached hydrogens (primary N) is 1. The van der Waals surface area contributed by atoms with Crippen molar-refractivity contribution in [3.63, 3.8) is 0 Å². The van der Waals surface area contributed by atoms with Crippen LogP contribution in [0.1, 0.15) is 26.2 Å². The van der Waals surface area contributed by atoms with Crippen LogP contribution < -0.4 is 10.5 Å². The van der Waals surface area contributed by atoms with Crippen molar-refractivity contribution >= 4 is 15.9 Å². The van der Waals surface area contributed by atoms with Gasteiger partial charge in [0.05, 0.1) is 12.1 Å². The smallest absolute Gasteiger partial charge is 0.208 e. The molecule has 0 saturated carbocycles. The number of aliphatic imine (C=N–C) groups is 1. The van der Waals surface area contributed by atoms with Gasteiger partial charge in [0.15, 0.2) is 0 Å². The summed E-state index contributed by atoms with van der Waals surface area (Å²) in [4.78, 5) is 4.09. The zero-order valence-corrected chi connectivity index (χ0v) is 9.60. The summed E-state index contributed by atoms with van der Waals surface area (Å²) in [5.41, 5.74) is 5.56. The maximum atomic E-state index is 10.7. The van der Waals surface area contributed by atoms with Crippen LogP contribution in [0.2, 0.25) is 0 Å². The monoisotopic (exact) mass is 221 g/mol. The largest absolute Gasteiger partial charge is 0.387 e. The highest BCUT2D eigenvalue weighted by atomic mass is 32.2. The second-order valence-corrected chi connectivity index (χ2v) is 4.98. The molecule has 0 saturated heterocycles. The van der Waals surface area contributed by atoms with Crippen molar-refractivity contribution in [1.29, 1.82) is 0 Å². The van der Waals surface area contributed by atoms with Gasteiger partial charge in [-0.3, -0.25) is 4.99 Å². The molecule has 0 aromatic rings. The number of nitrogens with zero attached hydrogens (tertiary/aromatic N) is 1. The van der Waals surface area contributed by atoms with Crippen molar-refractivity contribution in [3.05, 3.63) is 0 Å². The standard InChI is InChI=1S/C8H19N3O2S/c1-3-5-8(9)10-6-4-7-11-14(2,12)13/h11H,3-7H2,1-2H3,(H2,9,10). The molecule has 0 aromatic carbocycles. The summed E-state index contributed by atoms with van der Waals surface area (Å²) in [5, 5.41) is 0. The Hall–Kier alpha value is -0.620. The van der Waals surface area contributed by atoms with Gasteiger partial charge in [-0.2, -0.15) is 0 Å². The van der Waals surface area contributed by atoms with Crippen LogP contribution in [-0.2, 0) is 10.0 Å². The Labute approximate surface area is 85.8 Å². The van der Waals surface area contributed by atoms with E-state index >= 15 is 0 Å². The number of nitrogens with one attached hydrogen (secondary N) is 1. The van der Waals surface area contributed by atoms with Crippen LogP contribution in [0.15, 0.2) is 4.99 Å². The Morgan fingerprint density at radius 1 is 1.50 bits per heavy atom. The molecule has 0 aromatic heterocycles. The lowest BCUT2D eigenvalue weighted by molar-refractivity contribution is 0.586. The van der Waals surface area contributed by atoms with Crippen molar-refractivity contribution in [1.82, 2.24) is 4.72 Å². The first kappa shape index (κ1) is 13.4. The molecule has 0 rings (SSSR count). The second-order valence-electron chi connectivity index (χ2n) is 3.14. The first-order valence-corrected chi connectivity index (χ1v) is 6.58. The van der Waals surface area contributed by atoms with Crippen LogP contribution in [0.5, 0.6) is 0 Å². The van der Waals surface area contributed by atoms with Gasteiger partial charge >= 0.3 is 0 Å². The van der Waals surface area contributed by atoms with E-state index in [1.807, 2.05) is 6.92 Å². The lowest BCUT2D eigenvalue weighted by Crippen LogP contribution is -2.23. The molecule has 14 heavy (non-hydrogen) atoms. The van der Waals surface area contributed by atoms with Crippen molar-refractivity contribution in [3.8, 4) is 0 Å². The quantitative estimate of drug-likeness (QED) is 0.363. The molecule has 0 radical (unpaired) electrons. The third-order valence-corrected chi connectivity index (χ3v) is 2.25. The minimum Gasteiger partial charge on any atom is -0.387 e. The summed E-state index contributed by atoms with van der Waals surface area (Å²) in [6.07, 6.45) is 3.61. The molecule has 0 fully saturated rings. The summed E-state index contributed by atoms with van der Waals surface area (Å²) in [7, 11) is -3.06. The van der Waals surface area contributed by atoms with Gasteiger partial charge < -0.3 is 5.73 Å². The van der Waals surface area contributed by atoms with Gasteiger partial charge in [-0.05, 0) is 12.8 Å². The first-order chi connectivity index (χ1) is 6.45. The zero-order chi connectivity index (χ0) is 11.0. The van der Waals surface area contributed by atoms with Crippen LogP contribution in [0.25, 0.3) is 0 Å². The molecule has 84 valence electrons. The molecule has 0 aliphatic rings. The topological polar surface area (TPSA) is 84.5 Å². The number of hydrogen-bond acceptors (Lipinski definition) is 3. The normalized spacial score (nSPS) is 13.1. The molecule has 0 spiro atoms. The molecule has 0 bridgehead atoms. The number of amidine groups is 1. The molecule has 0 amide bonds. The molecule has 3 N–H and O–H groups in total. The van der Waals surface area contributed by atoms with E-state index < -0.39 is 10.0 Å². The highest BCUT2D eigenvalue weighted by Gasteiger charge is 1.97. The van der Waals surface area contributed by atoms with Gasteiger partial charge in [-0.15, -0.1) is 0 Å². The third kappa shape index (κ3) is 9.47. The van der Waals surface area contributed by atoms with Crippen molar-refractivity contribution in [2.45, 2.75) is 26.2 Å². The lowest BCUT2D eigenvalue weighted by atomic mass is 10.3. The van der Waals surface area contributed by atoms with Crippen molar-refractivity contribution in [2.24, 2.45) is 10.7 Å². The molecule has 6 heteroatoms. The Morgan fingerprint density at radius 3 is 2.64 bits per heavy atom. The first-order valence-electron chi connectivity index (χ1n) is 4.69. The average molecular weight is 221 g/mol. The zero-order valence-electron chi connectivity index (χ0n) is 8.78. The van der Waals surface area contributed by atoms with E-state index in [-0.39, 0.29) is 0 Å². The SMILES string of the molecule is CCCC(N)=NCCCNS(C)(=O)=O. The maximum Gasteiger partial charge on any atom is 0.208 e. The molecule has 0 aliphatic carbocycles. The van der Waals surface area contributed by atoms with Gasteiger partial charge in [0.25, 0.3) is 0 Å². The van der Waals surface area contributed by atoms with Crippen LogP contribution in [0, 0.1) is 0 Å². The van der Waals surface area contributed by atoms with Crippen molar-refractivity contribution in [2.75, 3.05) is 19.3 Å². The van der Waals surface area contributed by atoms with E-state index in [1.54, 1.807) is 0 Å². The van der Waals surface area contributed by atoms with Gasteiger partial charge in [0.1, 0.15) is 0 Å². The van der Waals surface area contributed by atoms with E-state index in [2.05, 4.69) is 9.71 Å². The van der Waals surface area contributed by atoms with Gasteiger partial charge in [0.2, 0.25) is 10.0 Å². The fraction of sp³-hybridized carbons (Fsp3) is 0.875. The summed E-state index contributed by atoms with van der Waals surface area (Å²) >= 11 is 0. The summed E-state index contributed by atoms with van der Waals surface area (Å²) in [6, 6.07) is 0. The molecular weight excluding hydrogens is 202 g/mol. The van der Waals surface area contributed by atoms with Gasteiger partial charge in [0, 0.05) is 19.5 Å². The summed E-state index contributed by atoms with van der Waals surface area (Å²) in [6.45, 7) is 3.03. The highest BCUT2D eigenvalue weighted by molar-refractivity contribution is 7.88. The van der Waals surface area contributed by atoms with E-state index in [4.69, 9.17) is 5.73 Å². The Kier molecular flexibility index (Phi) is 6.48. The van der Waals surface area contributed by atoms with E-state index in [0.717, 1.165) is 19.1 Å². The van der Waals surface area contributed by atoms with Crippen LogP contribution in [0.3, 0.4) is 0 Å². The average Bonchev–Trinajstić information content (AvgIpc) is 2.02. The summed E-state index contributed by atoms with van der Waals surface area (Å²) < 4.78 is 23.7. The predicted molar refractivity (Wildman–Crippen MR) is 58.9 cm³/mol. The number of hydrogen-bond donors (Lipinski definition) is 2. The fourth-order valence-corrected chi connectivity index (χ4v) is 1.41. The molecule has 0 atom stereocenters. The van der Waals surface area contributed by atoms with Crippen molar-refractivity contribution < 1.29 is 8.42 Å². The van der Waals surface area contributed by atoms with E-state index in [9.17, 15) is 8.42 Å². The lowest BCUT2D eigenvalue weighted by Gasteiger charge is -2.00. The van der Waals surface area contributed by atoms with Gasteiger partial charge in [-0.25, -0.2) is 13.1 Å². The maximum absolute atomic E-state index is 10.7. The minimum absolute atomic E-state index is 0.418. The highest BCUT2D eigenvalue weighted by Crippen LogP contribution is 1.88. The molecule has 0 aliphatic heterocycles. The second kappa shape index (κ2) is 6.78.